The largest absolute Gasteiger partial charge is 0.361 e. The average Bonchev–Trinajstić information content (AvgIpc) is 2.89. The summed E-state index contributed by atoms with van der Waals surface area (Å²) in [6.45, 7) is 0. The maximum atomic E-state index is 9.46. The van der Waals surface area contributed by atoms with Gasteiger partial charge in [0, 0.05) is 21.9 Å². The molecule has 0 saturated heterocycles. The predicted octanol–water partition coefficient (Wildman–Crippen LogP) is 4.99. The van der Waals surface area contributed by atoms with Gasteiger partial charge in [-0.3, -0.25) is 0 Å². The molecule has 3 rings (SSSR count). The summed E-state index contributed by atoms with van der Waals surface area (Å²) in [4.78, 5) is 3.11. The van der Waals surface area contributed by atoms with E-state index in [2.05, 4.69) is 39.1 Å². The fraction of sp³-hybridized carbons (Fsp3) is 0. The highest BCUT2D eigenvalue weighted by atomic mass is 79.9. The quantitative estimate of drug-likeness (QED) is 0.663. The second kappa shape index (κ2) is 5.36. The number of nitrogens with zero attached hydrogens (tertiary/aromatic N) is 1. The highest BCUT2D eigenvalue weighted by molar-refractivity contribution is 9.10. The van der Waals surface area contributed by atoms with Crippen LogP contribution < -0.4 is 0 Å². The van der Waals surface area contributed by atoms with Gasteiger partial charge in [-0.25, -0.2) is 0 Å². The molecule has 2 aromatic carbocycles. The third kappa shape index (κ3) is 2.38. The van der Waals surface area contributed by atoms with Gasteiger partial charge >= 0.3 is 0 Å². The standard InChI is InChI=1S/C17H11BrN2/c18-14-9-15(20-11-14)8-13(10-19)17-7-3-5-12-4-1-2-6-16(12)17/h1-9,11,20H/b13-8+. The van der Waals surface area contributed by atoms with Crippen LogP contribution in [0.1, 0.15) is 11.3 Å². The monoisotopic (exact) mass is 322 g/mol. The Hall–Kier alpha value is -2.31. The number of hydrogen-bond donors (Lipinski definition) is 1. The number of aromatic amines is 1. The Kier molecular flexibility index (Phi) is 3.41. The number of nitriles is 1. The minimum atomic E-state index is 0.649. The summed E-state index contributed by atoms with van der Waals surface area (Å²) in [6, 6.07) is 18.3. The van der Waals surface area contributed by atoms with E-state index in [4.69, 9.17) is 0 Å². The lowest BCUT2D eigenvalue weighted by atomic mass is 9.98. The van der Waals surface area contributed by atoms with Crippen molar-refractivity contribution in [1.29, 1.82) is 5.26 Å². The lowest BCUT2D eigenvalue weighted by Gasteiger charge is -2.05. The summed E-state index contributed by atoms with van der Waals surface area (Å²) in [5, 5.41) is 11.7. The van der Waals surface area contributed by atoms with Gasteiger partial charge in [0.05, 0.1) is 11.6 Å². The van der Waals surface area contributed by atoms with Gasteiger partial charge in [-0.2, -0.15) is 5.26 Å². The van der Waals surface area contributed by atoms with Gasteiger partial charge in [0.15, 0.2) is 0 Å². The third-order valence-electron chi connectivity index (χ3n) is 3.17. The van der Waals surface area contributed by atoms with E-state index in [0.717, 1.165) is 26.5 Å². The number of fused-ring (bicyclic) bond motifs is 1. The number of halogens is 1. The summed E-state index contributed by atoms with van der Waals surface area (Å²) < 4.78 is 0.971. The number of nitrogens with one attached hydrogen (secondary N) is 1. The van der Waals surface area contributed by atoms with Crippen molar-refractivity contribution >= 4 is 38.4 Å². The summed E-state index contributed by atoms with van der Waals surface area (Å²) in [5.74, 6) is 0. The Morgan fingerprint density at radius 3 is 2.70 bits per heavy atom. The zero-order chi connectivity index (χ0) is 13.9. The van der Waals surface area contributed by atoms with Crippen LogP contribution in [0.3, 0.4) is 0 Å². The van der Waals surface area contributed by atoms with Crippen LogP contribution in [0.4, 0.5) is 0 Å². The first-order valence-electron chi connectivity index (χ1n) is 6.22. The van der Waals surface area contributed by atoms with Crippen molar-refractivity contribution in [3.8, 4) is 6.07 Å². The molecule has 0 amide bonds. The van der Waals surface area contributed by atoms with Crippen LogP contribution in [0.5, 0.6) is 0 Å². The number of H-pyrrole nitrogens is 1. The van der Waals surface area contributed by atoms with E-state index in [0.29, 0.717) is 5.57 Å². The van der Waals surface area contributed by atoms with Crippen molar-refractivity contribution in [1.82, 2.24) is 4.98 Å². The number of aromatic nitrogens is 1. The topological polar surface area (TPSA) is 39.6 Å². The van der Waals surface area contributed by atoms with E-state index in [1.165, 1.54) is 0 Å². The second-order valence-corrected chi connectivity index (χ2v) is 5.39. The lowest BCUT2D eigenvalue weighted by molar-refractivity contribution is 1.37. The smallest absolute Gasteiger partial charge is 0.0998 e. The molecule has 1 N–H and O–H groups in total. The van der Waals surface area contributed by atoms with Crippen LogP contribution in [0.15, 0.2) is 59.2 Å². The number of rotatable bonds is 2. The molecule has 2 nitrogen and oxygen atoms in total. The molecule has 96 valence electrons. The molecule has 3 aromatic rings. The molecule has 0 spiro atoms. The maximum absolute atomic E-state index is 9.46. The number of hydrogen-bond acceptors (Lipinski definition) is 1. The molecule has 0 radical (unpaired) electrons. The van der Waals surface area contributed by atoms with Crippen LogP contribution in [0, 0.1) is 11.3 Å². The summed E-state index contributed by atoms with van der Waals surface area (Å²) in [6.07, 6.45) is 3.72. The SMILES string of the molecule is N#C/C(=C\c1cc(Br)c[nH]1)c1cccc2ccccc12. The van der Waals surface area contributed by atoms with Crippen molar-refractivity contribution in [2.24, 2.45) is 0 Å². The Balaban J connectivity index is 2.18. The van der Waals surface area contributed by atoms with Gasteiger partial charge in [-0.05, 0) is 38.8 Å². The van der Waals surface area contributed by atoms with E-state index in [9.17, 15) is 5.26 Å². The minimum Gasteiger partial charge on any atom is -0.361 e. The van der Waals surface area contributed by atoms with Crippen molar-refractivity contribution in [3.63, 3.8) is 0 Å². The zero-order valence-electron chi connectivity index (χ0n) is 10.6. The van der Waals surface area contributed by atoms with E-state index in [1.807, 2.05) is 48.7 Å². The molecule has 20 heavy (non-hydrogen) atoms. The van der Waals surface area contributed by atoms with Crippen LogP contribution >= 0.6 is 15.9 Å². The van der Waals surface area contributed by atoms with Gasteiger partial charge in [0.1, 0.15) is 0 Å². The number of allylic oxidation sites excluding steroid dienone is 1. The molecule has 0 unspecified atom stereocenters. The van der Waals surface area contributed by atoms with Crippen molar-refractivity contribution in [3.05, 3.63) is 70.5 Å². The molecule has 0 bridgehead atoms. The van der Waals surface area contributed by atoms with E-state index in [-0.39, 0.29) is 0 Å². The Bertz CT molecular complexity index is 832. The molecule has 1 heterocycles. The average molecular weight is 323 g/mol. The maximum Gasteiger partial charge on any atom is 0.0998 e. The van der Waals surface area contributed by atoms with Gasteiger partial charge in [0.2, 0.25) is 0 Å². The molecule has 3 heteroatoms. The first-order valence-corrected chi connectivity index (χ1v) is 7.01. The molecule has 0 fully saturated rings. The number of benzene rings is 2. The first kappa shape index (κ1) is 12.7. The zero-order valence-corrected chi connectivity index (χ0v) is 12.2. The van der Waals surface area contributed by atoms with Crippen molar-refractivity contribution in [2.75, 3.05) is 0 Å². The molecule has 0 aliphatic carbocycles. The molecule has 0 aliphatic rings. The van der Waals surface area contributed by atoms with E-state index >= 15 is 0 Å². The molecule has 0 aliphatic heterocycles. The summed E-state index contributed by atoms with van der Waals surface area (Å²) >= 11 is 3.40. The van der Waals surface area contributed by atoms with Crippen LogP contribution in [-0.4, -0.2) is 4.98 Å². The van der Waals surface area contributed by atoms with Crippen LogP contribution in [0.25, 0.3) is 22.4 Å². The Labute approximate surface area is 125 Å². The van der Waals surface area contributed by atoms with Crippen LogP contribution in [0.2, 0.25) is 0 Å². The van der Waals surface area contributed by atoms with Gasteiger partial charge in [-0.1, -0.05) is 42.5 Å². The molecule has 0 atom stereocenters. The van der Waals surface area contributed by atoms with E-state index < -0.39 is 0 Å². The summed E-state index contributed by atoms with van der Waals surface area (Å²) in [7, 11) is 0. The highest BCUT2D eigenvalue weighted by Crippen LogP contribution is 2.26. The van der Waals surface area contributed by atoms with Gasteiger partial charge in [-0.15, -0.1) is 0 Å². The van der Waals surface area contributed by atoms with Gasteiger partial charge in [0.25, 0.3) is 0 Å². The highest BCUT2D eigenvalue weighted by Gasteiger charge is 2.06. The normalized spacial score (nSPS) is 11.5. The third-order valence-corrected chi connectivity index (χ3v) is 3.63. The Morgan fingerprint density at radius 1 is 1.15 bits per heavy atom. The molecular weight excluding hydrogens is 312 g/mol. The molecular formula is C17H11BrN2. The first-order chi connectivity index (χ1) is 9.78. The van der Waals surface area contributed by atoms with Crippen LogP contribution in [-0.2, 0) is 0 Å². The minimum absolute atomic E-state index is 0.649. The van der Waals surface area contributed by atoms with Gasteiger partial charge < -0.3 is 4.98 Å². The summed E-state index contributed by atoms with van der Waals surface area (Å²) in [5.41, 5.74) is 2.51. The lowest BCUT2D eigenvalue weighted by Crippen LogP contribution is -1.85. The van der Waals surface area contributed by atoms with Crippen molar-refractivity contribution in [2.45, 2.75) is 0 Å². The van der Waals surface area contributed by atoms with Crippen molar-refractivity contribution < 1.29 is 0 Å². The molecule has 0 saturated carbocycles. The predicted molar refractivity (Wildman–Crippen MR) is 85.9 cm³/mol. The molecule has 1 aromatic heterocycles. The van der Waals surface area contributed by atoms with E-state index in [1.54, 1.807) is 0 Å². The second-order valence-electron chi connectivity index (χ2n) is 4.47. The Morgan fingerprint density at radius 2 is 1.95 bits per heavy atom. The fourth-order valence-corrected chi connectivity index (χ4v) is 2.61. The fourth-order valence-electron chi connectivity index (χ4n) is 2.25.